The zero-order chi connectivity index (χ0) is 22.3. The number of rotatable bonds is 4. The van der Waals surface area contributed by atoms with Crippen LogP contribution in [0.15, 0.2) is 51.5 Å². The van der Waals surface area contributed by atoms with E-state index in [-0.39, 0.29) is 17.9 Å². The Balaban J connectivity index is 1.97. The molecule has 1 aliphatic heterocycles. The van der Waals surface area contributed by atoms with Crippen molar-refractivity contribution in [1.29, 1.82) is 0 Å². The van der Waals surface area contributed by atoms with Crippen molar-refractivity contribution >= 4 is 23.4 Å². The van der Waals surface area contributed by atoms with Crippen molar-refractivity contribution in [3.05, 3.63) is 78.2 Å². The third-order valence-corrected chi connectivity index (χ3v) is 6.05. The van der Waals surface area contributed by atoms with Gasteiger partial charge in [0.1, 0.15) is 5.75 Å². The fraction of sp³-hybridized carbons (Fsp3) is 0.273. The molecule has 9 heteroatoms. The Labute approximate surface area is 182 Å². The number of nitrogens with zero attached hydrogens (tertiary/aromatic N) is 4. The average molecular weight is 439 g/mol. The highest BCUT2D eigenvalue weighted by atomic mass is 32.1. The van der Waals surface area contributed by atoms with Crippen LogP contribution in [0.5, 0.6) is 5.75 Å². The number of aromatic nitrogens is 3. The lowest BCUT2D eigenvalue weighted by Gasteiger charge is -2.24. The highest BCUT2D eigenvalue weighted by Gasteiger charge is 2.33. The first-order chi connectivity index (χ1) is 14.8. The second-order valence-corrected chi connectivity index (χ2v) is 8.25. The van der Waals surface area contributed by atoms with Crippen molar-refractivity contribution in [3.8, 4) is 5.75 Å². The highest BCUT2D eigenvalue weighted by Crippen LogP contribution is 2.31. The molecule has 2 aromatic heterocycles. The molecule has 0 bridgehead atoms. The molecule has 0 saturated heterocycles. The van der Waals surface area contributed by atoms with Gasteiger partial charge in [0.2, 0.25) is 0 Å². The summed E-state index contributed by atoms with van der Waals surface area (Å²) in [6.45, 7) is 5.56. The summed E-state index contributed by atoms with van der Waals surface area (Å²) in [5, 5.41) is 14.0. The Hall–Kier alpha value is -3.46. The molecule has 0 fully saturated rings. The maximum absolute atomic E-state index is 13.5. The first kappa shape index (κ1) is 20.8. The number of fused-ring (bicyclic) bond motifs is 1. The number of carbonyl (C=O) groups is 1. The molecule has 31 heavy (non-hydrogen) atoms. The number of hydrogen-bond acceptors (Lipinski definition) is 7. The van der Waals surface area contributed by atoms with Crippen LogP contribution < -0.4 is 14.9 Å². The van der Waals surface area contributed by atoms with Crippen LogP contribution in [0.25, 0.3) is 6.08 Å². The Morgan fingerprint density at radius 1 is 1.29 bits per heavy atom. The van der Waals surface area contributed by atoms with Crippen LogP contribution in [-0.4, -0.2) is 32.0 Å². The average Bonchev–Trinajstić information content (AvgIpc) is 3.19. The van der Waals surface area contributed by atoms with Crippen LogP contribution >= 0.6 is 11.3 Å². The third-order valence-electron chi connectivity index (χ3n) is 5.06. The molecule has 8 nitrogen and oxygen atoms in total. The largest absolute Gasteiger partial charge is 0.508 e. The summed E-state index contributed by atoms with van der Waals surface area (Å²) in [6, 6.07) is 5.75. The molecular formula is C22H22N4O4S. The van der Waals surface area contributed by atoms with Crippen molar-refractivity contribution < 1.29 is 14.6 Å². The van der Waals surface area contributed by atoms with E-state index in [1.165, 1.54) is 28.0 Å². The van der Waals surface area contributed by atoms with E-state index in [1.54, 1.807) is 36.7 Å². The number of hydrogen-bond donors (Lipinski definition) is 1. The van der Waals surface area contributed by atoms with Crippen LogP contribution in [0.3, 0.4) is 0 Å². The molecule has 1 N–H and O–H groups in total. The molecule has 0 spiro atoms. The summed E-state index contributed by atoms with van der Waals surface area (Å²) in [4.78, 5) is 31.3. The lowest BCUT2D eigenvalue weighted by atomic mass is 9.96. The Kier molecular flexibility index (Phi) is 5.36. The minimum atomic E-state index is -0.701. The zero-order valence-corrected chi connectivity index (χ0v) is 18.4. The van der Waals surface area contributed by atoms with E-state index in [1.807, 2.05) is 20.2 Å². The van der Waals surface area contributed by atoms with E-state index in [0.29, 0.717) is 26.2 Å². The number of aryl methyl sites for hydroxylation is 2. The van der Waals surface area contributed by atoms with E-state index in [0.717, 1.165) is 11.3 Å². The zero-order valence-electron chi connectivity index (χ0n) is 17.6. The number of benzene rings is 1. The summed E-state index contributed by atoms with van der Waals surface area (Å²) in [7, 11) is 1.83. The lowest BCUT2D eigenvalue weighted by Crippen LogP contribution is -2.39. The van der Waals surface area contributed by atoms with E-state index >= 15 is 0 Å². The fourth-order valence-electron chi connectivity index (χ4n) is 3.66. The van der Waals surface area contributed by atoms with Crippen LogP contribution in [0.1, 0.15) is 36.7 Å². The minimum Gasteiger partial charge on any atom is -0.508 e. The summed E-state index contributed by atoms with van der Waals surface area (Å²) in [6.07, 6.45) is 3.64. The normalized spacial score (nSPS) is 16.3. The van der Waals surface area contributed by atoms with E-state index in [2.05, 4.69) is 10.1 Å². The third kappa shape index (κ3) is 3.72. The van der Waals surface area contributed by atoms with Crippen LogP contribution in [0.4, 0.5) is 0 Å². The van der Waals surface area contributed by atoms with Crippen molar-refractivity contribution in [2.45, 2.75) is 26.8 Å². The van der Waals surface area contributed by atoms with Gasteiger partial charge in [-0.3, -0.25) is 14.0 Å². The maximum atomic E-state index is 13.5. The van der Waals surface area contributed by atoms with Gasteiger partial charge in [-0.1, -0.05) is 23.5 Å². The van der Waals surface area contributed by atoms with Crippen LogP contribution in [0, 0.1) is 6.92 Å². The van der Waals surface area contributed by atoms with Crippen molar-refractivity contribution in [2.75, 3.05) is 6.61 Å². The predicted octanol–water partition coefficient (Wildman–Crippen LogP) is 1.55. The first-order valence-electron chi connectivity index (χ1n) is 9.79. The predicted molar refractivity (Wildman–Crippen MR) is 116 cm³/mol. The number of allylic oxidation sites excluding steroid dienone is 1. The quantitative estimate of drug-likeness (QED) is 0.623. The second-order valence-electron chi connectivity index (χ2n) is 7.24. The van der Waals surface area contributed by atoms with Crippen molar-refractivity contribution in [2.24, 2.45) is 12.0 Å². The van der Waals surface area contributed by atoms with Crippen LogP contribution in [-0.2, 0) is 16.6 Å². The number of phenols is 1. The molecule has 4 rings (SSSR count). The monoisotopic (exact) mass is 438 g/mol. The van der Waals surface area contributed by atoms with Crippen molar-refractivity contribution in [3.63, 3.8) is 0 Å². The number of ether oxygens (including phenoxy) is 1. The number of esters is 1. The number of carbonyl (C=O) groups excluding carboxylic acids is 1. The van der Waals surface area contributed by atoms with Crippen molar-refractivity contribution in [1.82, 2.24) is 14.3 Å². The van der Waals surface area contributed by atoms with Gasteiger partial charge in [-0.05, 0) is 44.5 Å². The smallest absolute Gasteiger partial charge is 0.338 e. The molecule has 0 radical (unpaired) electrons. The van der Waals surface area contributed by atoms with E-state index < -0.39 is 12.0 Å². The Bertz CT molecular complexity index is 1380. The molecule has 1 unspecified atom stereocenters. The first-order valence-corrected chi connectivity index (χ1v) is 10.6. The van der Waals surface area contributed by atoms with Gasteiger partial charge in [0.05, 0.1) is 34.1 Å². The molecule has 0 saturated carbocycles. The van der Waals surface area contributed by atoms with Gasteiger partial charge >= 0.3 is 5.97 Å². The molecule has 1 atom stereocenters. The molecule has 160 valence electrons. The van der Waals surface area contributed by atoms with Gasteiger partial charge in [0.25, 0.3) is 5.56 Å². The van der Waals surface area contributed by atoms with E-state index in [4.69, 9.17) is 4.74 Å². The van der Waals surface area contributed by atoms with Gasteiger partial charge in [0, 0.05) is 18.8 Å². The summed E-state index contributed by atoms with van der Waals surface area (Å²) >= 11 is 1.26. The molecule has 1 aromatic carbocycles. The Morgan fingerprint density at radius 3 is 2.61 bits per heavy atom. The number of thiazole rings is 1. The molecule has 0 amide bonds. The number of aromatic hydroxyl groups is 1. The summed E-state index contributed by atoms with van der Waals surface area (Å²) < 4.78 is 8.98. The molecule has 3 heterocycles. The Morgan fingerprint density at radius 2 is 2.00 bits per heavy atom. The van der Waals surface area contributed by atoms with Crippen LogP contribution in [0.2, 0.25) is 0 Å². The summed E-state index contributed by atoms with van der Waals surface area (Å²) in [5.74, 6) is -0.416. The van der Waals surface area contributed by atoms with Gasteiger partial charge in [-0.15, -0.1) is 0 Å². The fourth-order valence-corrected chi connectivity index (χ4v) is 4.70. The molecule has 0 aliphatic carbocycles. The number of phenolic OH excluding ortho intramolecular Hbond substituents is 1. The van der Waals surface area contributed by atoms with Gasteiger partial charge in [0.15, 0.2) is 4.80 Å². The molecule has 1 aliphatic rings. The SMILES string of the molecule is CCOC(=O)C1=C(C)N=c2s/c(=C\c3cn(C)nc3C)c(=O)n2C1c1ccc(O)cc1. The van der Waals surface area contributed by atoms with Gasteiger partial charge < -0.3 is 9.84 Å². The lowest BCUT2D eigenvalue weighted by molar-refractivity contribution is -0.139. The second kappa shape index (κ2) is 7.99. The van der Waals surface area contributed by atoms with E-state index in [9.17, 15) is 14.7 Å². The summed E-state index contributed by atoms with van der Waals surface area (Å²) in [5.41, 5.74) is 2.90. The maximum Gasteiger partial charge on any atom is 0.338 e. The minimum absolute atomic E-state index is 0.0987. The molecular weight excluding hydrogens is 416 g/mol. The van der Waals surface area contributed by atoms with Gasteiger partial charge in [-0.2, -0.15) is 5.10 Å². The highest BCUT2D eigenvalue weighted by molar-refractivity contribution is 7.07. The standard InChI is InChI=1S/C22H22N4O4S/c1-5-30-21(29)18-13(3)23-22-26(19(18)14-6-8-16(27)9-7-14)20(28)17(31-22)10-15-11-25(4)24-12(15)2/h6-11,19,27H,5H2,1-4H3/b17-10-. The molecule has 3 aromatic rings. The van der Waals surface area contributed by atoms with Gasteiger partial charge in [-0.25, -0.2) is 9.79 Å². The topological polar surface area (TPSA) is 98.7 Å².